The zero-order chi connectivity index (χ0) is 12.3. The minimum atomic E-state index is 0.0849. The highest BCUT2D eigenvalue weighted by Crippen LogP contribution is 2.17. The topological polar surface area (TPSA) is 28.7 Å². The van der Waals surface area contributed by atoms with Gasteiger partial charge in [0.15, 0.2) is 0 Å². The van der Waals surface area contributed by atoms with Crippen LogP contribution in [0.25, 0.3) is 0 Å². The standard InChI is InChI=1S/C14H17ClN2/c1-10-3-4-11(2)12(7-10)8-13(15)9-14-16-5-6-17-14/h3-7,13H,8-9H2,1-2H3,(H,16,17). The summed E-state index contributed by atoms with van der Waals surface area (Å²) in [6, 6.07) is 6.50. The van der Waals surface area contributed by atoms with Crippen LogP contribution in [0.5, 0.6) is 0 Å². The number of H-pyrrole nitrogens is 1. The summed E-state index contributed by atoms with van der Waals surface area (Å²) < 4.78 is 0. The number of hydrogen-bond acceptors (Lipinski definition) is 1. The first-order valence-electron chi connectivity index (χ1n) is 5.83. The Balaban J connectivity index is 2.02. The predicted molar refractivity (Wildman–Crippen MR) is 71.6 cm³/mol. The predicted octanol–water partition coefficient (Wildman–Crippen LogP) is 3.42. The van der Waals surface area contributed by atoms with Crippen molar-refractivity contribution in [2.24, 2.45) is 0 Å². The zero-order valence-electron chi connectivity index (χ0n) is 10.2. The first kappa shape index (κ1) is 12.2. The van der Waals surface area contributed by atoms with Crippen LogP contribution in [0.2, 0.25) is 0 Å². The lowest BCUT2D eigenvalue weighted by Crippen LogP contribution is -2.09. The Morgan fingerprint density at radius 2 is 2.12 bits per heavy atom. The normalized spacial score (nSPS) is 12.6. The molecule has 0 aliphatic carbocycles. The highest BCUT2D eigenvalue weighted by atomic mass is 35.5. The van der Waals surface area contributed by atoms with Gasteiger partial charge in [0.1, 0.15) is 5.82 Å². The third kappa shape index (κ3) is 3.34. The average molecular weight is 249 g/mol. The van der Waals surface area contributed by atoms with Gasteiger partial charge in [-0.1, -0.05) is 23.8 Å². The zero-order valence-corrected chi connectivity index (χ0v) is 11.0. The van der Waals surface area contributed by atoms with E-state index in [1.165, 1.54) is 16.7 Å². The third-order valence-electron chi connectivity index (χ3n) is 2.92. The van der Waals surface area contributed by atoms with E-state index >= 15 is 0 Å². The Morgan fingerprint density at radius 1 is 1.29 bits per heavy atom. The number of aromatic amines is 1. The molecule has 1 N–H and O–H groups in total. The summed E-state index contributed by atoms with van der Waals surface area (Å²) in [5.41, 5.74) is 3.92. The Morgan fingerprint density at radius 3 is 2.82 bits per heavy atom. The highest BCUT2D eigenvalue weighted by molar-refractivity contribution is 6.20. The highest BCUT2D eigenvalue weighted by Gasteiger charge is 2.10. The molecule has 2 nitrogen and oxygen atoms in total. The van der Waals surface area contributed by atoms with E-state index in [0.717, 1.165) is 18.7 Å². The number of nitrogens with zero attached hydrogens (tertiary/aromatic N) is 1. The maximum atomic E-state index is 6.37. The number of aryl methyl sites for hydroxylation is 2. The van der Waals surface area contributed by atoms with Crippen molar-refractivity contribution in [3.05, 3.63) is 53.1 Å². The van der Waals surface area contributed by atoms with Crippen LogP contribution in [0.1, 0.15) is 22.5 Å². The fourth-order valence-electron chi connectivity index (χ4n) is 1.95. The summed E-state index contributed by atoms with van der Waals surface area (Å²) in [5, 5.41) is 0.0849. The molecule has 0 aliphatic heterocycles. The molecule has 1 atom stereocenters. The van der Waals surface area contributed by atoms with E-state index in [1.54, 1.807) is 6.20 Å². The van der Waals surface area contributed by atoms with Gasteiger partial charge in [-0.05, 0) is 31.4 Å². The smallest absolute Gasteiger partial charge is 0.107 e. The van der Waals surface area contributed by atoms with Crippen molar-refractivity contribution in [1.82, 2.24) is 9.97 Å². The van der Waals surface area contributed by atoms with Crippen molar-refractivity contribution in [2.75, 3.05) is 0 Å². The molecule has 1 aromatic heterocycles. The number of imidazole rings is 1. The third-order valence-corrected chi connectivity index (χ3v) is 3.22. The van der Waals surface area contributed by atoms with Crippen LogP contribution >= 0.6 is 11.6 Å². The molecule has 0 saturated carbocycles. The van der Waals surface area contributed by atoms with E-state index in [4.69, 9.17) is 11.6 Å². The van der Waals surface area contributed by atoms with Gasteiger partial charge in [0, 0.05) is 24.2 Å². The fraction of sp³-hybridized carbons (Fsp3) is 0.357. The molecule has 2 aromatic rings. The second kappa shape index (κ2) is 5.37. The van der Waals surface area contributed by atoms with E-state index in [-0.39, 0.29) is 5.38 Å². The Bertz CT molecular complexity index is 477. The minimum absolute atomic E-state index is 0.0849. The minimum Gasteiger partial charge on any atom is -0.349 e. The molecule has 0 radical (unpaired) electrons. The van der Waals surface area contributed by atoms with E-state index in [0.29, 0.717) is 0 Å². The van der Waals surface area contributed by atoms with E-state index in [2.05, 4.69) is 42.0 Å². The van der Waals surface area contributed by atoms with Gasteiger partial charge in [-0.25, -0.2) is 4.98 Å². The number of alkyl halides is 1. The quantitative estimate of drug-likeness (QED) is 0.826. The second-order valence-electron chi connectivity index (χ2n) is 4.47. The van der Waals surface area contributed by atoms with Crippen molar-refractivity contribution in [3.63, 3.8) is 0 Å². The molecule has 17 heavy (non-hydrogen) atoms. The van der Waals surface area contributed by atoms with Crippen LogP contribution < -0.4 is 0 Å². The van der Waals surface area contributed by atoms with Gasteiger partial charge in [0.05, 0.1) is 0 Å². The molecule has 3 heteroatoms. The van der Waals surface area contributed by atoms with E-state index in [9.17, 15) is 0 Å². The lowest BCUT2D eigenvalue weighted by molar-refractivity contribution is 0.788. The Kier molecular flexibility index (Phi) is 3.85. The van der Waals surface area contributed by atoms with E-state index < -0.39 is 0 Å². The number of benzene rings is 1. The molecule has 0 bridgehead atoms. The van der Waals surface area contributed by atoms with E-state index in [1.807, 2.05) is 6.20 Å². The second-order valence-corrected chi connectivity index (χ2v) is 5.09. The lowest BCUT2D eigenvalue weighted by atomic mass is 10.0. The largest absolute Gasteiger partial charge is 0.349 e. The molecular weight excluding hydrogens is 232 g/mol. The molecular formula is C14H17ClN2. The molecule has 0 fully saturated rings. The molecule has 1 aromatic carbocycles. The molecule has 0 amide bonds. The van der Waals surface area contributed by atoms with Crippen LogP contribution in [0, 0.1) is 13.8 Å². The molecule has 0 aliphatic rings. The van der Waals surface area contributed by atoms with Crippen LogP contribution in [0.15, 0.2) is 30.6 Å². The summed E-state index contributed by atoms with van der Waals surface area (Å²) in [6.07, 6.45) is 5.26. The summed E-state index contributed by atoms with van der Waals surface area (Å²) in [6.45, 7) is 4.24. The molecule has 2 rings (SSSR count). The molecule has 1 unspecified atom stereocenters. The molecule has 0 saturated heterocycles. The monoisotopic (exact) mass is 248 g/mol. The number of hydrogen-bond donors (Lipinski definition) is 1. The number of rotatable bonds is 4. The summed E-state index contributed by atoms with van der Waals surface area (Å²) in [4.78, 5) is 7.28. The van der Waals surface area contributed by atoms with Crippen LogP contribution in [-0.2, 0) is 12.8 Å². The van der Waals surface area contributed by atoms with Crippen molar-refractivity contribution in [3.8, 4) is 0 Å². The maximum Gasteiger partial charge on any atom is 0.107 e. The van der Waals surface area contributed by atoms with Crippen molar-refractivity contribution in [1.29, 1.82) is 0 Å². The van der Waals surface area contributed by atoms with Gasteiger partial charge in [0.2, 0.25) is 0 Å². The number of aromatic nitrogens is 2. The van der Waals surface area contributed by atoms with Crippen LogP contribution in [-0.4, -0.2) is 15.3 Å². The number of halogens is 1. The first-order chi connectivity index (χ1) is 8.15. The summed E-state index contributed by atoms with van der Waals surface area (Å²) in [7, 11) is 0. The van der Waals surface area contributed by atoms with Crippen molar-refractivity contribution >= 4 is 11.6 Å². The molecule has 0 spiro atoms. The lowest BCUT2D eigenvalue weighted by Gasteiger charge is -2.11. The van der Waals surface area contributed by atoms with Gasteiger partial charge >= 0.3 is 0 Å². The Hall–Kier alpha value is -1.28. The average Bonchev–Trinajstić information content (AvgIpc) is 2.76. The maximum absolute atomic E-state index is 6.37. The fourth-order valence-corrected chi connectivity index (χ4v) is 2.26. The Labute approximate surface area is 107 Å². The van der Waals surface area contributed by atoms with Gasteiger partial charge in [-0.3, -0.25) is 0 Å². The molecule has 90 valence electrons. The van der Waals surface area contributed by atoms with Gasteiger partial charge in [-0.15, -0.1) is 11.6 Å². The summed E-state index contributed by atoms with van der Waals surface area (Å²) >= 11 is 6.37. The van der Waals surface area contributed by atoms with Gasteiger partial charge in [-0.2, -0.15) is 0 Å². The van der Waals surface area contributed by atoms with Gasteiger partial charge < -0.3 is 4.98 Å². The van der Waals surface area contributed by atoms with Crippen LogP contribution in [0.4, 0.5) is 0 Å². The number of nitrogens with one attached hydrogen (secondary N) is 1. The van der Waals surface area contributed by atoms with Crippen molar-refractivity contribution in [2.45, 2.75) is 32.1 Å². The SMILES string of the molecule is Cc1ccc(C)c(CC(Cl)Cc2ncc[nH]2)c1. The summed E-state index contributed by atoms with van der Waals surface area (Å²) in [5.74, 6) is 0.954. The van der Waals surface area contributed by atoms with Crippen LogP contribution in [0.3, 0.4) is 0 Å². The molecule has 1 heterocycles. The van der Waals surface area contributed by atoms with Crippen molar-refractivity contribution < 1.29 is 0 Å². The van der Waals surface area contributed by atoms with Gasteiger partial charge in [0.25, 0.3) is 0 Å². The first-order valence-corrected chi connectivity index (χ1v) is 6.27.